The largest absolute Gasteiger partial charge is 0.296 e. The number of nitrogens with zero attached hydrogens (tertiary/aromatic N) is 1. The van der Waals surface area contributed by atoms with Crippen molar-refractivity contribution in [3.8, 4) is 12.3 Å². The summed E-state index contributed by atoms with van der Waals surface area (Å²) in [7, 11) is 0.376. The highest BCUT2D eigenvalue weighted by molar-refractivity contribution is 7.02. The van der Waals surface area contributed by atoms with Crippen molar-refractivity contribution in [1.29, 1.82) is 0 Å². The fraction of sp³-hybridized carbons (Fsp3) is 0.333. The standard InChI is InChI=1S/C21H27NSi/c1-4-16-22(3)17-19-23(18-5-2,20-12-8-6-9-13-20)21-14-10-7-11-15-21/h1,6-15H,5,16-19H2,2-3H3. The highest BCUT2D eigenvalue weighted by Gasteiger charge is 2.35. The summed E-state index contributed by atoms with van der Waals surface area (Å²) in [6.45, 7) is 4.08. The molecule has 2 aromatic carbocycles. The van der Waals surface area contributed by atoms with Crippen LogP contribution in [-0.4, -0.2) is 33.1 Å². The van der Waals surface area contributed by atoms with Crippen LogP contribution >= 0.6 is 0 Å². The van der Waals surface area contributed by atoms with Gasteiger partial charge in [-0.1, -0.05) is 90.3 Å². The minimum atomic E-state index is -1.75. The van der Waals surface area contributed by atoms with Gasteiger partial charge in [0.05, 0.1) is 6.54 Å². The highest BCUT2D eigenvalue weighted by atomic mass is 28.3. The van der Waals surface area contributed by atoms with Crippen molar-refractivity contribution >= 4 is 18.4 Å². The summed E-state index contributed by atoms with van der Waals surface area (Å²) in [5.74, 6) is 2.76. The van der Waals surface area contributed by atoms with Crippen LogP contribution in [-0.2, 0) is 0 Å². The van der Waals surface area contributed by atoms with Gasteiger partial charge in [-0.2, -0.15) is 0 Å². The molecule has 0 N–H and O–H groups in total. The third kappa shape index (κ3) is 4.34. The zero-order valence-corrected chi connectivity index (χ0v) is 15.3. The number of benzene rings is 2. The smallest absolute Gasteiger partial charge is 0.119 e. The summed E-state index contributed by atoms with van der Waals surface area (Å²) < 4.78 is 0. The maximum absolute atomic E-state index is 5.47. The van der Waals surface area contributed by atoms with E-state index in [1.807, 2.05) is 0 Å². The van der Waals surface area contributed by atoms with E-state index in [2.05, 4.69) is 85.5 Å². The first kappa shape index (κ1) is 17.5. The highest BCUT2D eigenvalue weighted by Crippen LogP contribution is 2.19. The Hall–Kier alpha value is -1.82. The monoisotopic (exact) mass is 321 g/mol. The molecule has 0 heterocycles. The van der Waals surface area contributed by atoms with E-state index in [1.54, 1.807) is 10.4 Å². The van der Waals surface area contributed by atoms with Crippen molar-refractivity contribution in [2.24, 2.45) is 0 Å². The maximum atomic E-state index is 5.47. The molecule has 120 valence electrons. The van der Waals surface area contributed by atoms with E-state index in [4.69, 9.17) is 6.42 Å². The molecule has 2 heteroatoms. The van der Waals surface area contributed by atoms with Gasteiger partial charge < -0.3 is 0 Å². The van der Waals surface area contributed by atoms with Crippen molar-refractivity contribution < 1.29 is 0 Å². The molecule has 0 atom stereocenters. The molecule has 0 amide bonds. The van der Waals surface area contributed by atoms with Crippen LogP contribution < -0.4 is 10.4 Å². The van der Waals surface area contributed by atoms with Gasteiger partial charge in [-0.25, -0.2) is 0 Å². The number of hydrogen-bond donors (Lipinski definition) is 0. The minimum Gasteiger partial charge on any atom is -0.296 e. The number of hydrogen-bond acceptors (Lipinski definition) is 1. The molecule has 0 unspecified atom stereocenters. The van der Waals surface area contributed by atoms with Crippen LogP contribution in [0.25, 0.3) is 0 Å². The summed E-state index contributed by atoms with van der Waals surface area (Å²) in [5.41, 5.74) is 0. The van der Waals surface area contributed by atoms with Crippen LogP contribution in [0.1, 0.15) is 13.3 Å². The Bertz CT molecular complexity index is 576. The Labute approximate surface area is 142 Å². The Balaban J connectivity index is 2.41. The fourth-order valence-electron chi connectivity index (χ4n) is 3.43. The number of rotatable bonds is 8. The lowest BCUT2D eigenvalue weighted by Crippen LogP contribution is -2.59. The van der Waals surface area contributed by atoms with Gasteiger partial charge in [-0.15, -0.1) is 6.42 Å². The van der Waals surface area contributed by atoms with Crippen molar-refractivity contribution in [2.45, 2.75) is 25.4 Å². The molecule has 0 aliphatic rings. The van der Waals surface area contributed by atoms with E-state index < -0.39 is 8.07 Å². The van der Waals surface area contributed by atoms with E-state index in [0.717, 1.165) is 13.1 Å². The summed E-state index contributed by atoms with van der Waals surface area (Å²) in [6.07, 6.45) is 6.69. The Morgan fingerprint density at radius 1 is 0.913 bits per heavy atom. The molecule has 23 heavy (non-hydrogen) atoms. The maximum Gasteiger partial charge on any atom is 0.119 e. The van der Waals surface area contributed by atoms with Crippen molar-refractivity contribution in [2.75, 3.05) is 20.1 Å². The average molecular weight is 322 g/mol. The molecule has 0 spiro atoms. The summed E-state index contributed by atoms with van der Waals surface area (Å²) in [4.78, 5) is 2.27. The van der Waals surface area contributed by atoms with Crippen LogP contribution in [0.5, 0.6) is 0 Å². The lowest BCUT2D eigenvalue weighted by atomic mass is 10.4. The van der Waals surface area contributed by atoms with Crippen molar-refractivity contribution in [3.63, 3.8) is 0 Å². The molecule has 0 saturated carbocycles. The molecule has 0 bridgehead atoms. The topological polar surface area (TPSA) is 3.24 Å². The van der Waals surface area contributed by atoms with E-state index >= 15 is 0 Å². The van der Waals surface area contributed by atoms with Gasteiger partial charge in [-0.3, -0.25) is 4.90 Å². The first-order valence-corrected chi connectivity index (χ1v) is 10.9. The van der Waals surface area contributed by atoms with Gasteiger partial charge in [0.25, 0.3) is 0 Å². The molecular weight excluding hydrogens is 294 g/mol. The second-order valence-electron chi connectivity index (χ2n) is 6.26. The molecule has 0 aromatic heterocycles. The van der Waals surface area contributed by atoms with Crippen LogP contribution in [0.4, 0.5) is 0 Å². The third-order valence-electron chi connectivity index (χ3n) is 4.61. The lowest BCUT2D eigenvalue weighted by Gasteiger charge is -2.34. The zero-order chi connectivity index (χ0) is 16.5. The van der Waals surface area contributed by atoms with Gasteiger partial charge in [0.2, 0.25) is 0 Å². The van der Waals surface area contributed by atoms with E-state index in [1.165, 1.54) is 18.5 Å². The van der Waals surface area contributed by atoms with Gasteiger partial charge in [0, 0.05) is 0 Å². The van der Waals surface area contributed by atoms with E-state index in [0.29, 0.717) is 0 Å². The van der Waals surface area contributed by atoms with Gasteiger partial charge >= 0.3 is 0 Å². The number of terminal acetylenes is 1. The lowest BCUT2D eigenvalue weighted by molar-refractivity contribution is 0.396. The molecule has 2 aromatic rings. The fourth-order valence-corrected chi connectivity index (χ4v) is 8.44. The Morgan fingerprint density at radius 3 is 1.87 bits per heavy atom. The van der Waals surface area contributed by atoms with E-state index in [9.17, 15) is 0 Å². The first-order chi connectivity index (χ1) is 11.2. The molecule has 0 fully saturated rings. The van der Waals surface area contributed by atoms with Crippen LogP contribution in [0.2, 0.25) is 12.1 Å². The SMILES string of the molecule is C#CCN(C)CC[Si](CCC)(c1ccccc1)c1ccccc1. The average Bonchev–Trinajstić information content (AvgIpc) is 2.60. The Morgan fingerprint density at radius 2 is 1.43 bits per heavy atom. The van der Waals surface area contributed by atoms with Crippen LogP contribution in [0.3, 0.4) is 0 Å². The molecule has 0 radical (unpaired) electrons. The Kier molecular flexibility index (Phi) is 6.64. The minimum absolute atomic E-state index is 0.722. The zero-order valence-electron chi connectivity index (χ0n) is 14.3. The molecule has 1 nitrogen and oxygen atoms in total. The summed E-state index contributed by atoms with van der Waals surface area (Å²) in [6, 6.07) is 24.8. The molecule has 0 aliphatic heterocycles. The van der Waals surface area contributed by atoms with Gasteiger partial charge in [-0.05, 0) is 25.7 Å². The van der Waals surface area contributed by atoms with Crippen molar-refractivity contribution in [3.05, 3.63) is 60.7 Å². The molecule has 2 rings (SSSR count). The predicted molar refractivity (Wildman–Crippen MR) is 104 cm³/mol. The molecular formula is C21H27NSi. The quantitative estimate of drug-likeness (QED) is 0.533. The van der Waals surface area contributed by atoms with E-state index in [-0.39, 0.29) is 0 Å². The second-order valence-corrected chi connectivity index (χ2v) is 10.6. The van der Waals surface area contributed by atoms with Gasteiger partial charge in [0.1, 0.15) is 8.07 Å². The third-order valence-corrected chi connectivity index (χ3v) is 9.92. The second kappa shape index (κ2) is 8.72. The normalized spacial score (nSPS) is 11.4. The summed E-state index contributed by atoms with van der Waals surface area (Å²) >= 11 is 0. The first-order valence-electron chi connectivity index (χ1n) is 8.46. The van der Waals surface area contributed by atoms with Crippen LogP contribution in [0, 0.1) is 12.3 Å². The molecule has 0 aliphatic carbocycles. The summed E-state index contributed by atoms with van der Waals surface area (Å²) in [5, 5.41) is 3.09. The predicted octanol–water partition coefficient (Wildman–Crippen LogP) is 3.22. The molecule has 0 saturated heterocycles. The van der Waals surface area contributed by atoms with Crippen LogP contribution in [0.15, 0.2) is 60.7 Å². The van der Waals surface area contributed by atoms with Crippen molar-refractivity contribution in [1.82, 2.24) is 4.90 Å². The van der Waals surface area contributed by atoms with Gasteiger partial charge in [0.15, 0.2) is 0 Å².